The largest absolute Gasteiger partial charge is 0.467 e. The van der Waals surface area contributed by atoms with Gasteiger partial charge < -0.3 is 10.1 Å². The summed E-state index contributed by atoms with van der Waals surface area (Å²) in [6, 6.07) is 4.65. The summed E-state index contributed by atoms with van der Waals surface area (Å²) in [4.78, 5) is 23.6. The highest BCUT2D eigenvalue weighted by molar-refractivity contribution is 9.10. The average Bonchev–Trinajstić information content (AvgIpc) is 3.25. The van der Waals surface area contributed by atoms with Crippen molar-refractivity contribution in [1.82, 2.24) is 5.32 Å². The molecule has 1 saturated carbocycles. The molecule has 0 spiro atoms. The van der Waals surface area contributed by atoms with Gasteiger partial charge in [-0.3, -0.25) is 4.79 Å². The fraction of sp³-hybridized carbons (Fsp3) is 0.429. The van der Waals surface area contributed by atoms with Crippen LogP contribution >= 0.6 is 27.5 Å². The minimum atomic E-state index is -0.692. The van der Waals surface area contributed by atoms with E-state index in [0.717, 1.165) is 22.9 Å². The molecule has 2 rings (SSSR count). The molecule has 1 aliphatic carbocycles. The van der Waals surface area contributed by atoms with Crippen molar-refractivity contribution in [3.8, 4) is 0 Å². The van der Waals surface area contributed by atoms with E-state index in [9.17, 15) is 9.59 Å². The minimum Gasteiger partial charge on any atom is -0.467 e. The number of nitrogens with one attached hydrogen (secondary N) is 1. The number of carbonyl (C=O) groups is 2. The lowest BCUT2D eigenvalue weighted by molar-refractivity contribution is -0.145. The Kier molecular flexibility index (Phi) is 5.05. The van der Waals surface area contributed by atoms with Gasteiger partial charge in [0, 0.05) is 21.8 Å². The number of benzene rings is 1. The van der Waals surface area contributed by atoms with Crippen molar-refractivity contribution in [2.24, 2.45) is 5.92 Å². The summed E-state index contributed by atoms with van der Waals surface area (Å²) in [6.07, 6.45) is 2.12. The third-order valence-corrected chi connectivity index (χ3v) is 4.19. The Morgan fingerprint density at radius 1 is 1.50 bits per heavy atom. The van der Waals surface area contributed by atoms with Crippen molar-refractivity contribution < 1.29 is 14.3 Å². The molecule has 4 nitrogen and oxygen atoms in total. The maximum atomic E-state index is 11.8. The van der Waals surface area contributed by atoms with Gasteiger partial charge in [0.2, 0.25) is 5.91 Å². The van der Waals surface area contributed by atoms with E-state index >= 15 is 0 Å². The second-order valence-corrected chi connectivity index (χ2v) is 6.09. The van der Waals surface area contributed by atoms with E-state index in [1.165, 1.54) is 7.11 Å². The van der Waals surface area contributed by atoms with Gasteiger partial charge in [-0.2, -0.15) is 0 Å². The first-order chi connectivity index (χ1) is 9.51. The molecule has 6 heteroatoms. The summed E-state index contributed by atoms with van der Waals surface area (Å²) in [5, 5.41) is 3.33. The molecule has 1 aromatic carbocycles. The summed E-state index contributed by atoms with van der Waals surface area (Å²) in [6.45, 7) is 0. The molecule has 0 unspecified atom stereocenters. The molecule has 0 aliphatic heterocycles. The molecule has 108 valence electrons. The molecule has 1 aromatic rings. The zero-order valence-electron chi connectivity index (χ0n) is 11.0. The zero-order valence-corrected chi connectivity index (χ0v) is 13.3. The smallest absolute Gasteiger partial charge is 0.328 e. The summed E-state index contributed by atoms with van der Waals surface area (Å²) >= 11 is 9.37. The predicted octanol–water partition coefficient (Wildman–Crippen LogP) is 2.71. The first kappa shape index (κ1) is 15.3. The molecular weight excluding hydrogens is 346 g/mol. The highest BCUT2D eigenvalue weighted by atomic mass is 79.9. The van der Waals surface area contributed by atoms with E-state index in [0.29, 0.717) is 11.4 Å². The van der Waals surface area contributed by atoms with Gasteiger partial charge in [-0.1, -0.05) is 27.5 Å². The van der Waals surface area contributed by atoms with Crippen molar-refractivity contribution in [2.75, 3.05) is 7.11 Å². The van der Waals surface area contributed by atoms with E-state index in [1.807, 2.05) is 6.07 Å². The molecule has 0 aromatic heterocycles. The van der Waals surface area contributed by atoms with Crippen molar-refractivity contribution in [3.63, 3.8) is 0 Å². The quantitative estimate of drug-likeness (QED) is 0.822. The number of carbonyl (C=O) groups excluding carboxylic acids is 2. The second-order valence-electron chi connectivity index (χ2n) is 4.80. The lowest BCUT2D eigenvalue weighted by Crippen LogP contribution is -2.43. The van der Waals surface area contributed by atoms with E-state index in [4.69, 9.17) is 16.3 Å². The average molecular weight is 361 g/mol. The Morgan fingerprint density at radius 3 is 2.80 bits per heavy atom. The van der Waals surface area contributed by atoms with Crippen LogP contribution in [0.3, 0.4) is 0 Å². The Balaban J connectivity index is 2.11. The maximum absolute atomic E-state index is 11.8. The molecule has 1 aliphatic rings. The Bertz CT molecular complexity index is 531. The van der Waals surface area contributed by atoms with E-state index in [-0.39, 0.29) is 11.8 Å². The molecule has 0 radical (unpaired) electrons. The second kappa shape index (κ2) is 6.59. The van der Waals surface area contributed by atoms with Crippen LogP contribution in [0.5, 0.6) is 0 Å². The third kappa shape index (κ3) is 3.96. The molecule has 1 atom stereocenters. The predicted molar refractivity (Wildman–Crippen MR) is 79.5 cm³/mol. The van der Waals surface area contributed by atoms with Crippen LogP contribution in [-0.4, -0.2) is 25.0 Å². The number of esters is 1. The van der Waals surface area contributed by atoms with E-state index in [1.54, 1.807) is 12.1 Å². The van der Waals surface area contributed by atoms with Gasteiger partial charge in [-0.15, -0.1) is 0 Å². The standard InChI is InChI=1S/C14H15BrClNO3/c1-20-14(19)12(17-13(18)8-2-3-8)7-9-6-10(16)4-5-11(9)15/h4-6,8,12H,2-3,7H2,1H3,(H,17,18)/t12-/m0/s1. The van der Waals surface area contributed by atoms with Gasteiger partial charge >= 0.3 is 5.97 Å². The van der Waals surface area contributed by atoms with Gasteiger partial charge in [-0.05, 0) is 36.6 Å². The van der Waals surface area contributed by atoms with Gasteiger partial charge in [0.15, 0.2) is 0 Å². The van der Waals surface area contributed by atoms with Gasteiger partial charge in [0.1, 0.15) is 6.04 Å². The lowest BCUT2D eigenvalue weighted by atomic mass is 10.1. The number of halogens is 2. The summed E-state index contributed by atoms with van der Waals surface area (Å²) in [7, 11) is 1.31. The molecule has 1 amide bonds. The number of methoxy groups -OCH3 is 1. The van der Waals surface area contributed by atoms with Crippen molar-refractivity contribution in [2.45, 2.75) is 25.3 Å². The Labute approximate surface area is 131 Å². The van der Waals surface area contributed by atoms with Crippen LogP contribution < -0.4 is 5.32 Å². The van der Waals surface area contributed by atoms with Crippen molar-refractivity contribution in [3.05, 3.63) is 33.3 Å². The lowest BCUT2D eigenvalue weighted by Gasteiger charge is -2.17. The molecular formula is C14H15BrClNO3. The third-order valence-electron chi connectivity index (χ3n) is 3.18. The molecule has 0 bridgehead atoms. The SMILES string of the molecule is COC(=O)[C@H](Cc1cc(Cl)ccc1Br)NC(=O)C1CC1. The van der Waals surface area contributed by atoms with Crippen LogP contribution in [0.4, 0.5) is 0 Å². The monoisotopic (exact) mass is 359 g/mol. The summed E-state index contributed by atoms with van der Waals surface area (Å²) < 4.78 is 5.60. The van der Waals surface area contributed by atoms with Crippen LogP contribution in [0, 0.1) is 5.92 Å². The fourth-order valence-electron chi connectivity index (χ4n) is 1.89. The number of hydrogen-bond donors (Lipinski definition) is 1. The molecule has 1 fully saturated rings. The van der Waals surface area contributed by atoms with Gasteiger partial charge in [0.05, 0.1) is 7.11 Å². The first-order valence-electron chi connectivity index (χ1n) is 6.33. The Morgan fingerprint density at radius 2 is 2.20 bits per heavy atom. The van der Waals surface area contributed by atoms with Crippen LogP contribution in [0.2, 0.25) is 5.02 Å². The van der Waals surface area contributed by atoms with Crippen LogP contribution in [0.15, 0.2) is 22.7 Å². The van der Waals surface area contributed by atoms with Crippen LogP contribution in [0.25, 0.3) is 0 Å². The molecule has 0 saturated heterocycles. The van der Waals surface area contributed by atoms with E-state index < -0.39 is 12.0 Å². The topological polar surface area (TPSA) is 55.4 Å². The van der Waals surface area contributed by atoms with Gasteiger partial charge in [-0.25, -0.2) is 4.79 Å². The van der Waals surface area contributed by atoms with Gasteiger partial charge in [0.25, 0.3) is 0 Å². The minimum absolute atomic E-state index is 0.0463. The number of ether oxygens (including phenoxy) is 1. The highest BCUT2D eigenvalue weighted by Crippen LogP contribution is 2.29. The van der Waals surface area contributed by atoms with Crippen LogP contribution in [0.1, 0.15) is 18.4 Å². The summed E-state index contributed by atoms with van der Waals surface area (Å²) in [5.41, 5.74) is 0.851. The van der Waals surface area contributed by atoms with Crippen LogP contribution in [-0.2, 0) is 20.7 Å². The maximum Gasteiger partial charge on any atom is 0.328 e. The normalized spacial score (nSPS) is 15.6. The van der Waals surface area contributed by atoms with Crippen molar-refractivity contribution in [1.29, 1.82) is 0 Å². The number of hydrogen-bond acceptors (Lipinski definition) is 3. The molecule has 20 heavy (non-hydrogen) atoms. The zero-order chi connectivity index (χ0) is 14.7. The first-order valence-corrected chi connectivity index (χ1v) is 7.50. The molecule has 0 heterocycles. The number of amides is 1. The van der Waals surface area contributed by atoms with Crippen molar-refractivity contribution >= 4 is 39.4 Å². The fourth-order valence-corrected chi connectivity index (χ4v) is 2.49. The number of rotatable bonds is 5. The Hall–Kier alpha value is -1.07. The highest BCUT2D eigenvalue weighted by Gasteiger charge is 2.33. The molecule has 1 N–H and O–H groups in total. The van der Waals surface area contributed by atoms with E-state index in [2.05, 4.69) is 21.2 Å². The summed E-state index contributed by atoms with van der Waals surface area (Å²) in [5.74, 6) is -0.491.